The molecule has 0 aliphatic carbocycles. The predicted octanol–water partition coefficient (Wildman–Crippen LogP) is 4.57. The zero-order valence-corrected chi connectivity index (χ0v) is 17.0. The molecule has 1 aromatic heterocycles. The highest BCUT2D eigenvalue weighted by molar-refractivity contribution is 7.83. The fourth-order valence-corrected chi connectivity index (χ4v) is 4.03. The Kier molecular flexibility index (Phi) is 6.82. The highest BCUT2D eigenvalue weighted by Crippen LogP contribution is 2.15. The van der Waals surface area contributed by atoms with Gasteiger partial charge in [0.25, 0.3) is 5.91 Å². The van der Waals surface area contributed by atoms with Gasteiger partial charge in [0.05, 0.1) is 5.75 Å². The fraction of sp³-hybridized carbons (Fsp3) is 0.261. The average molecular weight is 396 g/mol. The Bertz CT molecular complexity index is 932. The first-order chi connectivity index (χ1) is 13.5. The van der Waals surface area contributed by atoms with Crippen molar-refractivity contribution in [3.63, 3.8) is 0 Å². The lowest BCUT2D eigenvalue weighted by Gasteiger charge is -2.12. The molecule has 0 saturated carbocycles. The standard InChI is InChI=1S/C23H25NO3S/c1-17-8-10-19(11-9-17)15-28(26)16-21-12-13-22(27-21)23(25)24-14-18(2)20-6-4-3-5-7-20/h3-13,18H,14-16H2,1-2H3,(H,24,25)/t18-,28-/m0/s1. The Labute approximate surface area is 168 Å². The predicted molar refractivity (Wildman–Crippen MR) is 113 cm³/mol. The van der Waals surface area contributed by atoms with Gasteiger partial charge in [-0.1, -0.05) is 67.1 Å². The van der Waals surface area contributed by atoms with Crippen LogP contribution in [0, 0.1) is 6.92 Å². The Hall–Kier alpha value is -2.66. The number of nitrogens with one attached hydrogen (secondary N) is 1. The van der Waals surface area contributed by atoms with Crippen molar-refractivity contribution in [2.24, 2.45) is 0 Å². The van der Waals surface area contributed by atoms with Gasteiger partial charge in [-0.2, -0.15) is 0 Å². The minimum Gasteiger partial charge on any atom is -0.455 e. The molecule has 0 aliphatic rings. The molecule has 5 heteroatoms. The third-order valence-electron chi connectivity index (χ3n) is 4.57. The Balaban J connectivity index is 1.50. The lowest BCUT2D eigenvalue weighted by molar-refractivity contribution is 0.0922. The number of furan rings is 1. The number of aryl methyl sites for hydroxylation is 1. The summed E-state index contributed by atoms with van der Waals surface area (Å²) in [5.41, 5.74) is 3.38. The summed E-state index contributed by atoms with van der Waals surface area (Å²) >= 11 is 0. The molecule has 0 radical (unpaired) electrons. The normalized spacial score (nSPS) is 13.1. The summed E-state index contributed by atoms with van der Waals surface area (Å²) in [7, 11) is -1.09. The first-order valence-corrected chi connectivity index (χ1v) is 10.8. The summed E-state index contributed by atoms with van der Waals surface area (Å²) in [5, 5.41) is 2.90. The van der Waals surface area contributed by atoms with E-state index in [9.17, 15) is 9.00 Å². The lowest BCUT2D eigenvalue weighted by atomic mass is 10.0. The first kappa shape index (κ1) is 20.1. The lowest BCUT2D eigenvalue weighted by Crippen LogP contribution is -2.27. The van der Waals surface area contributed by atoms with Crippen LogP contribution >= 0.6 is 0 Å². The largest absolute Gasteiger partial charge is 0.455 e. The van der Waals surface area contributed by atoms with Gasteiger partial charge in [0.15, 0.2) is 5.76 Å². The molecular formula is C23H25NO3S. The summed E-state index contributed by atoms with van der Waals surface area (Å²) in [5.74, 6) is 1.54. The summed E-state index contributed by atoms with van der Waals surface area (Å²) in [4.78, 5) is 12.3. The Morgan fingerprint density at radius 2 is 1.71 bits per heavy atom. The minimum atomic E-state index is -1.09. The van der Waals surface area contributed by atoms with Gasteiger partial charge in [0.2, 0.25) is 0 Å². The molecule has 1 N–H and O–H groups in total. The number of carbonyl (C=O) groups excluding carboxylic acids is 1. The molecule has 0 bridgehead atoms. The molecule has 3 rings (SSSR count). The van der Waals surface area contributed by atoms with Crippen molar-refractivity contribution in [3.8, 4) is 0 Å². The number of benzene rings is 2. The molecule has 0 spiro atoms. The van der Waals surface area contributed by atoms with Crippen LogP contribution in [0.15, 0.2) is 71.1 Å². The van der Waals surface area contributed by atoms with E-state index in [-0.39, 0.29) is 17.6 Å². The maximum Gasteiger partial charge on any atom is 0.287 e. The van der Waals surface area contributed by atoms with Crippen LogP contribution in [-0.4, -0.2) is 16.7 Å². The number of carbonyl (C=O) groups is 1. The van der Waals surface area contributed by atoms with Gasteiger partial charge in [0.1, 0.15) is 5.76 Å². The molecule has 0 fully saturated rings. The topological polar surface area (TPSA) is 59.3 Å². The second kappa shape index (κ2) is 9.51. The second-order valence-electron chi connectivity index (χ2n) is 7.00. The van der Waals surface area contributed by atoms with Crippen LogP contribution in [0.2, 0.25) is 0 Å². The van der Waals surface area contributed by atoms with E-state index in [1.807, 2.05) is 61.5 Å². The fourth-order valence-electron chi connectivity index (χ4n) is 2.89. The van der Waals surface area contributed by atoms with E-state index in [1.165, 1.54) is 11.1 Å². The summed E-state index contributed by atoms with van der Waals surface area (Å²) in [6.07, 6.45) is 0. The van der Waals surface area contributed by atoms with Crippen molar-refractivity contribution >= 4 is 16.7 Å². The molecule has 2 aromatic carbocycles. The van der Waals surface area contributed by atoms with Gasteiger partial charge < -0.3 is 9.73 Å². The first-order valence-electron chi connectivity index (χ1n) is 9.33. The van der Waals surface area contributed by atoms with Crippen molar-refractivity contribution in [2.75, 3.05) is 6.54 Å². The quantitative estimate of drug-likeness (QED) is 0.608. The molecule has 1 amide bonds. The van der Waals surface area contributed by atoms with Crippen molar-refractivity contribution in [1.29, 1.82) is 0 Å². The highest BCUT2D eigenvalue weighted by Gasteiger charge is 2.14. The van der Waals surface area contributed by atoms with Gasteiger partial charge in [-0.3, -0.25) is 9.00 Å². The molecule has 28 heavy (non-hydrogen) atoms. The van der Waals surface area contributed by atoms with Crippen molar-refractivity contribution < 1.29 is 13.4 Å². The maximum atomic E-state index is 12.4. The Morgan fingerprint density at radius 3 is 2.43 bits per heavy atom. The number of rotatable bonds is 8. The zero-order valence-electron chi connectivity index (χ0n) is 16.2. The van der Waals surface area contributed by atoms with Crippen molar-refractivity contribution in [2.45, 2.75) is 31.3 Å². The van der Waals surface area contributed by atoms with E-state index < -0.39 is 10.8 Å². The van der Waals surface area contributed by atoms with E-state index in [2.05, 4.69) is 12.2 Å². The molecule has 0 unspecified atom stereocenters. The van der Waals surface area contributed by atoms with E-state index in [0.717, 1.165) is 5.56 Å². The summed E-state index contributed by atoms with van der Waals surface area (Å²) in [6, 6.07) is 21.4. The van der Waals surface area contributed by atoms with Gasteiger partial charge >= 0.3 is 0 Å². The van der Waals surface area contributed by atoms with Crippen LogP contribution in [0.4, 0.5) is 0 Å². The smallest absolute Gasteiger partial charge is 0.287 e. The molecule has 0 aliphatic heterocycles. The second-order valence-corrected chi connectivity index (χ2v) is 8.46. The SMILES string of the molecule is Cc1ccc(C[S@](=O)Cc2ccc(C(=O)NC[C@H](C)c3ccccc3)o2)cc1. The number of hydrogen-bond acceptors (Lipinski definition) is 3. The number of hydrogen-bond donors (Lipinski definition) is 1. The molecule has 0 saturated heterocycles. The van der Waals surface area contributed by atoms with E-state index in [1.54, 1.807) is 12.1 Å². The monoisotopic (exact) mass is 395 g/mol. The molecule has 146 valence electrons. The van der Waals surface area contributed by atoms with Crippen LogP contribution in [0.3, 0.4) is 0 Å². The highest BCUT2D eigenvalue weighted by atomic mass is 32.2. The summed E-state index contributed by atoms with van der Waals surface area (Å²) < 4.78 is 18.0. The van der Waals surface area contributed by atoms with E-state index in [0.29, 0.717) is 23.8 Å². The molecule has 1 heterocycles. The molecule has 2 atom stereocenters. The van der Waals surface area contributed by atoms with Crippen LogP contribution in [-0.2, 0) is 22.3 Å². The average Bonchev–Trinajstić information content (AvgIpc) is 3.16. The van der Waals surface area contributed by atoms with Gasteiger partial charge in [-0.25, -0.2) is 0 Å². The van der Waals surface area contributed by atoms with Crippen LogP contribution in [0.1, 0.15) is 45.8 Å². The zero-order chi connectivity index (χ0) is 19.9. The molecule has 3 aromatic rings. The van der Waals surface area contributed by atoms with Crippen molar-refractivity contribution in [3.05, 3.63) is 94.9 Å². The summed E-state index contributed by atoms with van der Waals surface area (Å²) in [6.45, 7) is 4.62. The van der Waals surface area contributed by atoms with Gasteiger partial charge in [0, 0.05) is 23.1 Å². The third-order valence-corrected chi connectivity index (χ3v) is 5.84. The molecular weight excluding hydrogens is 370 g/mol. The van der Waals surface area contributed by atoms with Crippen LogP contribution < -0.4 is 5.32 Å². The minimum absolute atomic E-state index is 0.210. The van der Waals surface area contributed by atoms with Gasteiger partial charge in [-0.15, -0.1) is 0 Å². The maximum absolute atomic E-state index is 12.4. The molecule has 4 nitrogen and oxygen atoms in total. The number of amides is 1. The van der Waals surface area contributed by atoms with Crippen LogP contribution in [0.5, 0.6) is 0 Å². The van der Waals surface area contributed by atoms with Crippen molar-refractivity contribution in [1.82, 2.24) is 5.32 Å². The van der Waals surface area contributed by atoms with E-state index >= 15 is 0 Å². The van der Waals surface area contributed by atoms with E-state index in [4.69, 9.17) is 4.42 Å². The van der Waals surface area contributed by atoms with Gasteiger partial charge in [-0.05, 0) is 36.1 Å². The third kappa shape index (κ3) is 5.67. The van der Waals surface area contributed by atoms with Crippen LogP contribution in [0.25, 0.3) is 0 Å². The Morgan fingerprint density at radius 1 is 1.00 bits per heavy atom.